The van der Waals surface area contributed by atoms with E-state index in [0.29, 0.717) is 22.9 Å². The summed E-state index contributed by atoms with van der Waals surface area (Å²) in [6, 6.07) is 7.48. The van der Waals surface area contributed by atoms with Gasteiger partial charge in [-0.15, -0.1) is 0 Å². The highest BCUT2D eigenvalue weighted by atomic mass is 32.1. The molecule has 20 heavy (non-hydrogen) atoms. The maximum atomic E-state index is 13.5. The fourth-order valence-corrected chi connectivity index (χ4v) is 2.35. The second-order valence-corrected chi connectivity index (χ2v) is 5.69. The van der Waals surface area contributed by atoms with Gasteiger partial charge in [0.15, 0.2) is 5.11 Å². The molecule has 3 nitrogen and oxygen atoms in total. The van der Waals surface area contributed by atoms with Gasteiger partial charge in [-0.1, -0.05) is 12.1 Å². The fraction of sp³-hybridized carbons (Fsp3) is 0.533. The Morgan fingerprint density at radius 3 is 2.35 bits per heavy atom. The van der Waals surface area contributed by atoms with Crippen molar-refractivity contribution in [1.29, 1.82) is 0 Å². The number of thiocarbonyl (C=S) groups is 1. The SMILES string of the molecule is CC(C)N(CCNC(=S)Nc1ccccc1F)C(C)C. The van der Waals surface area contributed by atoms with E-state index in [4.69, 9.17) is 12.2 Å². The highest BCUT2D eigenvalue weighted by Gasteiger charge is 2.12. The van der Waals surface area contributed by atoms with Crippen molar-refractivity contribution in [3.63, 3.8) is 0 Å². The lowest BCUT2D eigenvalue weighted by Gasteiger charge is -2.30. The van der Waals surface area contributed by atoms with E-state index in [0.717, 1.165) is 13.1 Å². The van der Waals surface area contributed by atoms with Crippen molar-refractivity contribution in [3.8, 4) is 0 Å². The molecule has 0 unspecified atom stereocenters. The minimum absolute atomic E-state index is 0.303. The summed E-state index contributed by atoms with van der Waals surface area (Å²) in [7, 11) is 0. The Bertz CT molecular complexity index is 427. The molecular formula is C15H24FN3S. The molecule has 1 rings (SSSR count). The van der Waals surface area contributed by atoms with Gasteiger partial charge in [0, 0.05) is 25.2 Å². The van der Waals surface area contributed by atoms with E-state index in [-0.39, 0.29) is 5.82 Å². The van der Waals surface area contributed by atoms with Crippen molar-refractivity contribution in [2.24, 2.45) is 0 Å². The van der Waals surface area contributed by atoms with Crippen LogP contribution in [0.3, 0.4) is 0 Å². The molecule has 0 saturated heterocycles. The molecule has 2 N–H and O–H groups in total. The van der Waals surface area contributed by atoms with Crippen molar-refractivity contribution < 1.29 is 4.39 Å². The van der Waals surface area contributed by atoms with Gasteiger partial charge in [-0.25, -0.2) is 4.39 Å². The maximum Gasteiger partial charge on any atom is 0.170 e. The largest absolute Gasteiger partial charge is 0.361 e. The van der Waals surface area contributed by atoms with E-state index in [1.165, 1.54) is 6.07 Å². The van der Waals surface area contributed by atoms with Crippen LogP contribution in [0, 0.1) is 5.82 Å². The number of nitrogens with one attached hydrogen (secondary N) is 2. The number of anilines is 1. The Morgan fingerprint density at radius 1 is 1.20 bits per heavy atom. The van der Waals surface area contributed by atoms with Crippen LogP contribution in [0.2, 0.25) is 0 Å². The summed E-state index contributed by atoms with van der Waals surface area (Å²) in [5.74, 6) is -0.303. The van der Waals surface area contributed by atoms with E-state index >= 15 is 0 Å². The van der Waals surface area contributed by atoms with Crippen molar-refractivity contribution in [2.75, 3.05) is 18.4 Å². The highest BCUT2D eigenvalue weighted by Crippen LogP contribution is 2.11. The number of benzene rings is 1. The van der Waals surface area contributed by atoms with Gasteiger partial charge in [0.05, 0.1) is 5.69 Å². The molecule has 0 aromatic heterocycles. The molecule has 0 atom stereocenters. The first kappa shape index (κ1) is 16.9. The van der Waals surface area contributed by atoms with Crippen LogP contribution in [-0.2, 0) is 0 Å². The van der Waals surface area contributed by atoms with Crippen LogP contribution in [0.4, 0.5) is 10.1 Å². The van der Waals surface area contributed by atoms with Gasteiger partial charge in [0.25, 0.3) is 0 Å². The molecular weight excluding hydrogens is 273 g/mol. The predicted molar refractivity (Wildman–Crippen MR) is 87.6 cm³/mol. The molecule has 0 amide bonds. The van der Waals surface area contributed by atoms with Crippen molar-refractivity contribution in [1.82, 2.24) is 10.2 Å². The maximum absolute atomic E-state index is 13.5. The molecule has 1 aromatic carbocycles. The molecule has 0 aliphatic carbocycles. The molecule has 0 aliphatic rings. The van der Waals surface area contributed by atoms with Crippen LogP contribution < -0.4 is 10.6 Å². The Morgan fingerprint density at radius 2 is 1.80 bits per heavy atom. The molecule has 1 aromatic rings. The number of hydrogen-bond donors (Lipinski definition) is 2. The average Bonchev–Trinajstić information content (AvgIpc) is 2.36. The molecule has 0 heterocycles. The van der Waals surface area contributed by atoms with Gasteiger partial charge in [0.2, 0.25) is 0 Å². The zero-order valence-electron chi connectivity index (χ0n) is 12.6. The Balaban J connectivity index is 2.39. The number of halogens is 1. The average molecular weight is 297 g/mol. The van der Waals surface area contributed by atoms with Crippen LogP contribution in [0.5, 0.6) is 0 Å². The first-order valence-electron chi connectivity index (χ1n) is 6.97. The van der Waals surface area contributed by atoms with E-state index in [2.05, 4.69) is 43.2 Å². The van der Waals surface area contributed by atoms with E-state index in [1.807, 2.05) is 0 Å². The minimum Gasteiger partial charge on any atom is -0.361 e. The second kappa shape index (κ2) is 8.17. The fourth-order valence-electron chi connectivity index (χ4n) is 2.14. The highest BCUT2D eigenvalue weighted by molar-refractivity contribution is 7.80. The summed E-state index contributed by atoms with van der Waals surface area (Å²) < 4.78 is 13.5. The summed E-state index contributed by atoms with van der Waals surface area (Å²) in [6.07, 6.45) is 0. The molecule has 5 heteroatoms. The molecule has 0 fully saturated rings. The van der Waals surface area contributed by atoms with Crippen LogP contribution in [0.1, 0.15) is 27.7 Å². The Kier molecular flexibility index (Phi) is 6.88. The molecule has 0 spiro atoms. The molecule has 0 saturated carbocycles. The van der Waals surface area contributed by atoms with E-state index in [1.54, 1.807) is 18.2 Å². The summed E-state index contributed by atoms with van der Waals surface area (Å²) in [4.78, 5) is 2.37. The van der Waals surface area contributed by atoms with Crippen LogP contribution in [-0.4, -0.2) is 35.2 Å². The number of hydrogen-bond acceptors (Lipinski definition) is 2. The molecule has 0 aliphatic heterocycles. The molecule has 0 radical (unpaired) electrons. The van der Waals surface area contributed by atoms with Gasteiger partial charge >= 0.3 is 0 Å². The third kappa shape index (κ3) is 5.43. The van der Waals surface area contributed by atoms with E-state index < -0.39 is 0 Å². The Labute approximate surface area is 126 Å². The standard InChI is InChI=1S/C15H24FN3S/c1-11(2)19(12(3)4)10-9-17-15(20)18-14-8-6-5-7-13(14)16/h5-8,11-12H,9-10H2,1-4H3,(H2,17,18,20). The molecule has 112 valence electrons. The van der Waals surface area contributed by atoms with Gasteiger partial charge in [-0.05, 0) is 52.0 Å². The smallest absolute Gasteiger partial charge is 0.170 e. The van der Waals surface area contributed by atoms with Crippen LogP contribution in [0.15, 0.2) is 24.3 Å². The lowest BCUT2D eigenvalue weighted by atomic mass is 10.2. The predicted octanol–water partition coefficient (Wildman–Crippen LogP) is 3.23. The monoisotopic (exact) mass is 297 g/mol. The zero-order chi connectivity index (χ0) is 15.1. The quantitative estimate of drug-likeness (QED) is 0.788. The number of rotatable bonds is 6. The first-order valence-corrected chi connectivity index (χ1v) is 7.37. The van der Waals surface area contributed by atoms with Crippen molar-refractivity contribution >= 4 is 23.0 Å². The molecule has 0 bridgehead atoms. The van der Waals surface area contributed by atoms with Crippen molar-refractivity contribution in [2.45, 2.75) is 39.8 Å². The van der Waals surface area contributed by atoms with E-state index in [9.17, 15) is 4.39 Å². The Hall–Kier alpha value is -1.20. The topological polar surface area (TPSA) is 27.3 Å². The number of para-hydroxylation sites is 1. The third-order valence-corrected chi connectivity index (χ3v) is 3.35. The van der Waals surface area contributed by atoms with Gasteiger partial charge in [0.1, 0.15) is 5.82 Å². The normalized spacial score (nSPS) is 11.2. The summed E-state index contributed by atoms with van der Waals surface area (Å²) in [5.41, 5.74) is 0.398. The summed E-state index contributed by atoms with van der Waals surface area (Å²) in [5, 5.41) is 6.43. The number of nitrogens with zero attached hydrogens (tertiary/aromatic N) is 1. The second-order valence-electron chi connectivity index (χ2n) is 5.29. The lowest BCUT2D eigenvalue weighted by molar-refractivity contribution is 0.178. The van der Waals surface area contributed by atoms with Gasteiger partial charge in [-0.3, -0.25) is 4.90 Å². The van der Waals surface area contributed by atoms with Crippen LogP contribution in [0.25, 0.3) is 0 Å². The zero-order valence-corrected chi connectivity index (χ0v) is 13.4. The lowest BCUT2D eigenvalue weighted by Crippen LogP contribution is -2.43. The van der Waals surface area contributed by atoms with Crippen LogP contribution >= 0.6 is 12.2 Å². The summed E-state index contributed by atoms with van der Waals surface area (Å²) >= 11 is 5.17. The third-order valence-electron chi connectivity index (χ3n) is 3.10. The first-order chi connectivity index (χ1) is 9.41. The minimum atomic E-state index is -0.303. The summed E-state index contributed by atoms with van der Waals surface area (Å²) in [6.45, 7) is 10.3. The van der Waals surface area contributed by atoms with Gasteiger partial charge in [-0.2, -0.15) is 0 Å². The van der Waals surface area contributed by atoms with Gasteiger partial charge < -0.3 is 10.6 Å². The van der Waals surface area contributed by atoms with Crippen molar-refractivity contribution in [3.05, 3.63) is 30.1 Å².